The lowest BCUT2D eigenvalue weighted by Gasteiger charge is -2.15. The van der Waals surface area contributed by atoms with Gasteiger partial charge in [-0.1, -0.05) is 12.1 Å². The Kier molecular flexibility index (Phi) is 4.12. The van der Waals surface area contributed by atoms with Gasteiger partial charge in [-0.25, -0.2) is 4.79 Å². The summed E-state index contributed by atoms with van der Waals surface area (Å²) in [5, 5.41) is 7.60. The number of benzene rings is 1. The maximum Gasteiger partial charge on any atom is 0.337 e. The Morgan fingerprint density at radius 3 is 2.74 bits per heavy atom. The number of nitrogens with one attached hydrogen (secondary N) is 1. The first-order chi connectivity index (χ1) is 11.1. The van der Waals surface area contributed by atoms with Crippen molar-refractivity contribution in [3.8, 4) is 0 Å². The number of hydrogen-bond donors (Lipinski definition) is 2. The van der Waals surface area contributed by atoms with E-state index in [-0.39, 0.29) is 5.97 Å². The first kappa shape index (κ1) is 15.2. The maximum atomic E-state index is 11.6. The summed E-state index contributed by atoms with van der Waals surface area (Å²) in [6, 6.07) is 7.14. The average Bonchev–Trinajstić information content (AvgIpc) is 2.94. The van der Waals surface area contributed by atoms with Gasteiger partial charge >= 0.3 is 5.97 Å². The third-order valence-corrected chi connectivity index (χ3v) is 3.95. The van der Waals surface area contributed by atoms with Crippen molar-refractivity contribution < 1.29 is 14.3 Å². The summed E-state index contributed by atoms with van der Waals surface area (Å²) in [5.74, 6) is -0.875. The van der Waals surface area contributed by atoms with Gasteiger partial charge in [0.1, 0.15) is 0 Å². The SMILES string of the molecule is COC(=O)c1ccc(Cn2nc(C(N)=O)c3c2CCNC3)cc1. The predicted molar refractivity (Wildman–Crippen MR) is 83.0 cm³/mol. The molecule has 23 heavy (non-hydrogen) atoms. The lowest BCUT2D eigenvalue weighted by atomic mass is 10.1. The van der Waals surface area contributed by atoms with Gasteiger partial charge in [0.05, 0.1) is 19.2 Å². The summed E-state index contributed by atoms with van der Waals surface area (Å²) in [6.07, 6.45) is 0.801. The van der Waals surface area contributed by atoms with Gasteiger partial charge in [0.2, 0.25) is 0 Å². The molecule has 1 aromatic carbocycles. The summed E-state index contributed by atoms with van der Waals surface area (Å²) in [7, 11) is 1.35. The standard InChI is InChI=1S/C16H18N4O3/c1-23-16(22)11-4-2-10(3-5-11)9-20-13-6-7-18-8-12(13)14(19-20)15(17)21/h2-5,18H,6-9H2,1H3,(H2,17,21). The molecule has 0 saturated carbocycles. The fraction of sp³-hybridized carbons (Fsp3) is 0.312. The monoisotopic (exact) mass is 314 g/mol. The number of hydrogen-bond acceptors (Lipinski definition) is 5. The van der Waals surface area contributed by atoms with Crippen molar-refractivity contribution >= 4 is 11.9 Å². The molecule has 0 fully saturated rings. The van der Waals surface area contributed by atoms with Gasteiger partial charge in [-0.3, -0.25) is 9.48 Å². The van der Waals surface area contributed by atoms with Crippen LogP contribution >= 0.6 is 0 Å². The number of amides is 1. The van der Waals surface area contributed by atoms with Crippen LogP contribution in [0.1, 0.15) is 37.7 Å². The number of fused-ring (bicyclic) bond motifs is 1. The number of methoxy groups -OCH3 is 1. The Morgan fingerprint density at radius 1 is 1.35 bits per heavy atom. The molecule has 0 spiro atoms. The van der Waals surface area contributed by atoms with Gasteiger partial charge in [0.25, 0.3) is 5.91 Å². The van der Waals surface area contributed by atoms with Crippen LogP contribution in [-0.2, 0) is 24.2 Å². The number of primary amides is 1. The van der Waals surface area contributed by atoms with Gasteiger partial charge in [-0.2, -0.15) is 5.10 Å². The van der Waals surface area contributed by atoms with Gasteiger partial charge in [0, 0.05) is 30.8 Å². The van der Waals surface area contributed by atoms with Crippen molar-refractivity contribution in [3.05, 3.63) is 52.3 Å². The van der Waals surface area contributed by atoms with E-state index in [0.29, 0.717) is 24.3 Å². The fourth-order valence-electron chi connectivity index (χ4n) is 2.79. The van der Waals surface area contributed by atoms with E-state index < -0.39 is 5.91 Å². The number of nitrogens with two attached hydrogens (primary N) is 1. The molecule has 3 rings (SSSR count). The smallest absolute Gasteiger partial charge is 0.337 e. The molecule has 0 radical (unpaired) electrons. The number of rotatable bonds is 4. The molecule has 1 aromatic heterocycles. The number of aromatic nitrogens is 2. The quantitative estimate of drug-likeness (QED) is 0.799. The Bertz CT molecular complexity index is 749. The lowest BCUT2D eigenvalue weighted by molar-refractivity contribution is 0.0600. The number of ether oxygens (including phenoxy) is 1. The molecule has 0 atom stereocenters. The molecule has 1 amide bonds. The molecular weight excluding hydrogens is 296 g/mol. The van der Waals surface area contributed by atoms with E-state index in [4.69, 9.17) is 5.73 Å². The van der Waals surface area contributed by atoms with E-state index in [1.54, 1.807) is 12.1 Å². The highest BCUT2D eigenvalue weighted by molar-refractivity contribution is 5.92. The molecule has 7 nitrogen and oxygen atoms in total. The van der Waals surface area contributed by atoms with Crippen molar-refractivity contribution in [3.63, 3.8) is 0 Å². The molecule has 0 unspecified atom stereocenters. The van der Waals surface area contributed by atoms with Crippen molar-refractivity contribution in [1.29, 1.82) is 0 Å². The highest BCUT2D eigenvalue weighted by atomic mass is 16.5. The van der Waals surface area contributed by atoms with Crippen molar-refractivity contribution in [2.24, 2.45) is 5.73 Å². The largest absolute Gasteiger partial charge is 0.465 e. The first-order valence-electron chi connectivity index (χ1n) is 7.36. The van der Waals surface area contributed by atoms with E-state index in [1.165, 1.54) is 7.11 Å². The number of esters is 1. The zero-order chi connectivity index (χ0) is 16.4. The zero-order valence-electron chi connectivity index (χ0n) is 12.8. The van der Waals surface area contributed by atoms with Crippen LogP contribution < -0.4 is 11.1 Å². The topological polar surface area (TPSA) is 99.2 Å². The molecule has 0 bridgehead atoms. The first-order valence-corrected chi connectivity index (χ1v) is 7.36. The second kappa shape index (κ2) is 6.21. The Hall–Kier alpha value is -2.67. The number of carbonyl (C=O) groups excluding carboxylic acids is 2. The number of nitrogens with zero attached hydrogens (tertiary/aromatic N) is 2. The van der Waals surface area contributed by atoms with Crippen LogP contribution in [0.5, 0.6) is 0 Å². The minimum Gasteiger partial charge on any atom is -0.465 e. The minimum absolute atomic E-state index is 0.332. The lowest BCUT2D eigenvalue weighted by Crippen LogP contribution is -2.26. The number of carbonyl (C=O) groups is 2. The minimum atomic E-state index is -0.510. The highest BCUT2D eigenvalue weighted by Crippen LogP contribution is 2.19. The van der Waals surface area contributed by atoms with E-state index in [0.717, 1.165) is 29.8 Å². The Balaban J connectivity index is 1.88. The van der Waals surface area contributed by atoms with E-state index >= 15 is 0 Å². The van der Waals surface area contributed by atoms with Crippen molar-refractivity contribution in [1.82, 2.24) is 15.1 Å². The van der Waals surface area contributed by atoms with Crippen LogP contribution in [0.4, 0.5) is 0 Å². The summed E-state index contributed by atoms with van der Waals surface area (Å²) >= 11 is 0. The predicted octanol–water partition coefficient (Wildman–Crippen LogP) is 0.463. The second-order valence-corrected chi connectivity index (χ2v) is 5.41. The Labute approximate surface area is 133 Å². The molecule has 3 N–H and O–H groups in total. The third-order valence-electron chi connectivity index (χ3n) is 3.95. The second-order valence-electron chi connectivity index (χ2n) is 5.41. The summed E-state index contributed by atoms with van der Waals surface area (Å²) in [4.78, 5) is 23.0. The molecule has 2 aromatic rings. The van der Waals surface area contributed by atoms with Gasteiger partial charge in [-0.05, 0) is 17.7 Å². The molecule has 1 aliphatic heterocycles. The van der Waals surface area contributed by atoms with Gasteiger partial charge < -0.3 is 15.8 Å². The van der Waals surface area contributed by atoms with E-state index in [9.17, 15) is 9.59 Å². The average molecular weight is 314 g/mol. The van der Waals surface area contributed by atoms with Crippen LogP contribution in [-0.4, -0.2) is 35.3 Å². The van der Waals surface area contributed by atoms with Crippen LogP contribution in [0.25, 0.3) is 0 Å². The van der Waals surface area contributed by atoms with Gasteiger partial charge in [0.15, 0.2) is 5.69 Å². The van der Waals surface area contributed by atoms with Crippen molar-refractivity contribution in [2.45, 2.75) is 19.5 Å². The van der Waals surface area contributed by atoms with Crippen LogP contribution in [0, 0.1) is 0 Å². The van der Waals surface area contributed by atoms with Crippen LogP contribution in [0.3, 0.4) is 0 Å². The van der Waals surface area contributed by atoms with Crippen LogP contribution in [0.2, 0.25) is 0 Å². The van der Waals surface area contributed by atoms with Crippen LogP contribution in [0.15, 0.2) is 24.3 Å². The maximum absolute atomic E-state index is 11.6. The molecule has 7 heteroatoms. The molecule has 120 valence electrons. The zero-order valence-corrected chi connectivity index (χ0v) is 12.8. The van der Waals surface area contributed by atoms with Crippen molar-refractivity contribution in [2.75, 3.05) is 13.7 Å². The van der Waals surface area contributed by atoms with Gasteiger partial charge in [-0.15, -0.1) is 0 Å². The molecule has 0 saturated heterocycles. The summed E-state index contributed by atoms with van der Waals surface area (Å²) < 4.78 is 6.51. The molecular formula is C16H18N4O3. The fourth-order valence-corrected chi connectivity index (χ4v) is 2.79. The normalized spacial score (nSPS) is 13.4. The summed E-state index contributed by atoms with van der Waals surface area (Å²) in [6.45, 7) is 1.98. The molecule has 2 heterocycles. The third kappa shape index (κ3) is 2.95. The van der Waals surface area contributed by atoms with E-state index in [1.807, 2.05) is 16.8 Å². The highest BCUT2D eigenvalue weighted by Gasteiger charge is 2.23. The summed E-state index contributed by atoms with van der Waals surface area (Å²) in [5.41, 5.74) is 9.16. The molecule has 0 aliphatic carbocycles. The van der Waals surface area contributed by atoms with E-state index in [2.05, 4.69) is 15.2 Å². The molecule has 1 aliphatic rings. The Morgan fingerprint density at radius 2 is 2.09 bits per heavy atom.